The number of likely N-dealkylation sites (tertiary alicyclic amines) is 1. The van der Waals surface area contributed by atoms with Crippen molar-refractivity contribution in [3.05, 3.63) is 65.9 Å². The summed E-state index contributed by atoms with van der Waals surface area (Å²) in [5, 5.41) is 8.38. The summed E-state index contributed by atoms with van der Waals surface area (Å²) in [7, 11) is 2.21. The Morgan fingerprint density at radius 3 is 2.60 bits per heavy atom. The molecule has 2 N–H and O–H groups in total. The number of para-hydroxylation sites is 1. The van der Waals surface area contributed by atoms with Crippen molar-refractivity contribution in [2.45, 2.75) is 38.9 Å². The number of aromatic nitrogens is 1. The summed E-state index contributed by atoms with van der Waals surface area (Å²) in [6, 6.07) is 19.9. The SMILES string of the molecule is CCn1c(C#CCNc2ccccc2)cc2cc(CNC3CCN(C)CC3)ccc21. The molecule has 1 fully saturated rings. The van der Waals surface area contributed by atoms with Gasteiger partial charge in [-0.1, -0.05) is 30.2 Å². The minimum absolute atomic E-state index is 0.635. The van der Waals surface area contributed by atoms with Crippen molar-refractivity contribution in [1.29, 1.82) is 0 Å². The third-order valence-electron chi connectivity index (χ3n) is 5.97. The van der Waals surface area contributed by atoms with E-state index in [0.717, 1.165) is 24.5 Å². The molecule has 0 amide bonds. The van der Waals surface area contributed by atoms with E-state index in [9.17, 15) is 0 Å². The van der Waals surface area contributed by atoms with Gasteiger partial charge in [0.15, 0.2) is 0 Å². The van der Waals surface area contributed by atoms with Gasteiger partial charge < -0.3 is 20.1 Å². The van der Waals surface area contributed by atoms with Crippen LogP contribution in [0.4, 0.5) is 5.69 Å². The zero-order chi connectivity index (χ0) is 20.8. The zero-order valence-corrected chi connectivity index (χ0v) is 18.1. The number of rotatable bonds is 6. The maximum atomic E-state index is 3.75. The van der Waals surface area contributed by atoms with Crippen molar-refractivity contribution >= 4 is 16.6 Å². The highest BCUT2D eigenvalue weighted by Gasteiger charge is 2.16. The number of hydrogen-bond donors (Lipinski definition) is 2. The fourth-order valence-corrected chi connectivity index (χ4v) is 4.19. The average Bonchev–Trinajstić information content (AvgIpc) is 3.13. The predicted octanol–water partition coefficient (Wildman–Crippen LogP) is 4.31. The topological polar surface area (TPSA) is 32.2 Å². The highest BCUT2D eigenvalue weighted by molar-refractivity contribution is 5.83. The number of anilines is 1. The molecule has 1 aliphatic heterocycles. The Hall–Kier alpha value is -2.74. The van der Waals surface area contributed by atoms with Crippen LogP contribution >= 0.6 is 0 Å². The van der Waals surface area contributed by atoms with Crippen molar-refractivity contribution < 1.29 is 0 Å². The van der Waals surface area contributed by atoms with Gasteiger partial charge in [0.25, 0.3) is 0 Å². The highest BCUT2D eigenvalue weighted by Crippen LogP contribution is 2.21. The second kappa shape index (κ2) is 9.84. The molecule has 0 aliphatic carbocycles. The van der Waals surface area contributed by atoms with E-state index in [0.29, 0.717) is 12.6 Å². The molecular formula is C26H32N4. The maximum absolute atomic E-state index is 3.75. The molecule has 0 saturated carbocycles. The molecule has 0 spiro atoms. The molecule has 3 aromatic rings. The number of nitrogens with one attached hydrogen (secondary N) is 2. The number of hydrogen-bond acceptors (Lipinski definition) is 3. The van der Waals surface area contributed by atoms with Crippen molar-refractivity contribution in [2.24, 2.45) is 0 Å². The van der Waals surface area contributed by atoms with Crippen molar-refractivity contribution in [3.63, 3.8) is 0 Å². The van der Waals surface area contributed by atoms with E-state index in [2.05, 4.69) is 82.3 Å². The van der Waals surface area contributed by atoms with Gasteiger partial charge in [-0.3, -0.25) is 0 Å². The lowest BCUT2D eigenvalue weighted by Crippen LogP contribution is -2.40. The molecule has 1 aromatic heterocycles. The minimum atomic E-state index is 0.635. The van der Waals surface area contributed by atoms with Gasteiger partial charge in [-0.15, -0.1) is 0 Å². The van der Waals surface area contributed by atoms with Gasteiger partial charge in [-0.05, 0) is 81.7 Å². The number of fused-ring (bicyclic) bond motifs is 1. The van der Waals surface area contributed by atoms with Crippen molar-refractivity contribution in [2.75, 3.05) is 32.0 Å². The largest absolute Gasteiger partial charge is 0.374 e. The Labute approximate surface area is 180 Å². The Bertz CT molecular complexity index is 1020. The van der Waals surface area contributed by atoms with Crippen LogP contribution in [-0.4, -0.2) is 42.2 Å². The smallest absolute Gasteiger partial charge is 0.0931 e. The van der Waals surface area contributed by atoms with Crippen molar-refractivity contribution in [3.8, 4) is 11.8 Å². The first-order valence-corrected chi connectivity index (χ1v) is 11.0. The molecule has 2 aromatic carbocycles. The quantitative estimate of drug-likeness (QED) is 0.605. The van der Waals surface area contributed by atoms with Crippen LogP contribution in [0.25, 0.3) is 10.9 Å². The van der Waals surface area contributed by atoms with Crippen LogP contribution in [0.3, 0.4) is 0 Å². The monoisotopic (exact) mass is 400 g/mol. The minimum Gasteiger partial charge on any atom is -0.374 e. The third-order valence-corrected chi connectivity index (χ3v) is 5.97. The van der Waals surface area contributed by atoms with Gasteiger partial charge in [-0.2, -0.15) is 0 Å². The first kappa shape index (κ1) is 20.5. The number of nitrogens with zero attached hydrogens (tertiary/aromatic N) is 2. The summed E-state index contributed by atoms with van der Waals surface area (Å²) in [5.41, 5.74) is 4.80. The van der Waals surface area contributed by atoms with E-state index in [-0.39, 0.29) is 0 Å². The lowest BCUT2D eigenvalue weighted by molar-refractivity contribution is 0.234. The Morgan fingerprint density at radius 1 is 1.03 bits per heavy atom. The molecule has 2 heterocycles. The normalized spacial score (nSPS) is 15.1. The Balaban J connectivity index is 1.42. The molecule has 156 valence electrons. The molecule has 1 aliphatic rings. The zero-order valence-electron chi connectivity index (χ0n) is 18.1. The van der Waals surface area contributed by atoms with Gasteiger partial charge in [-0.25, -0.2) is 0 Å². The number of aryl methyl sites for hydroxylation is 1. The molecule has 4 heteroatoms. The van der Waals surface area contributed by atoms with Crippen molar-refractivity contribution in [1.82, 2.24) is 14.8 Å². The van der Waals surface area contributed by atoms with Crippen LogP contribution in [0.1, 0.15) is 31.0 Å². The van der Waals surface area contributed by atoms with E-state index in [4.69, 9.17) is 0 Å². The fourth-order valence-electron chi connectivity index (χ4n) is 4.19. The average molecular weight is 401 g/mol. The molecule has 0 bridgehead atoms. The van der Waals surface area contributed by atoms with Crippen LogP contribution < -0.4 is 10.6 Å². The van der Waals surface area contributed by atoms with Crippen LogP contribution in [-0.2, 0) is 13.1 Å². The van der Waals surface area contributed by atoms with Gasteiger partial charge in [0, 0.05) is 35.7 Å². The molecule has 0 atom stereocenters. The van der Waals surface area contributed by atoms with E-state index in [1.54, 1.807) is 0 Å². The van der Waals surface area contributed by atoms with Gasteiger partial charge in [0.05, 0.1) is 12.2 Å². The summed E-state index contributed by atoms with van der Waals surface area (Å²) in [4.78, 5) is 2.41. The van der Waals surface area contributed by atoms with E-state index in [1.807, 2.05) is 18.2 Å². The number of benzene rings is 2. The number of piperidine rings is 1. The van der Waals surface area contributed by atoms with Crippen LogP contribution in [0.15, 0.2) is 54.6 Å². The standard InChI is InChI=1S/C26H32N4/c1-3-30-25(10-7-15-27-23-8-5-4-6-9-23)19-22-18-21(11-12-26(22)30)20-28-24-13-16-29(2)17-14-24/h4-6,8-9,11-12,18-19,24,27-28H,3,13-17,20H2,1-2H3. The summed E-state index contributed by atoms with van der Waals surface area (Å²) < 4.78 is 2.30. The molecule has 0 radical (unpaired) electrons. The Morgan fingerprint density at radius 2 is 1.83 bits per heavy atom. The first-order chi connectivity index (χ1) is 14.7. The van der Waals surface area contributed by atoms with E-state index in [1.165, 1.54) is 42.4 Å². The van der Waals surface area contributed by atoms with Gasteiger partial charge in [0.1, 0.15) is 0 Å². The van der Waals surface area contributed by atoms with Gasteiger partial charge >= 0.3 is 0 Å². The molecule has 1 saturated heterocycles. The molecule has 4 nitrogen and oxygen atoms in total. The maximum Gasteiger partial charge on any atom is 0.0931 e. The van der Waals surface area contributed by atoms with Gasteiger partial charge in [0.2, 0.25) is 0 Å². The summed E-state index contributed by atoms with van der Waals surface area (Å²) in [6.07, 6.45) is 2.48. The summed E-state index contributed by atoms with van der Waals surface area (Å²) in [5.74, 6) is 6.64. The third kappa shape index (κ3) is 5.05. The second-order valence-corrected chi connectivity index (χ2v) is 8.15. The summed E-state index contributed by atoms with van der Waals surface area (Å²) >= 11 is 0. The first-order valence-electron chi connectivity index (χ1n) is 11.0. The van der Waals surface area contributed by atoms with Crippen LogP contribution in [0.5, 0.6) is 0 Å². The molecule has 0 unspecified atom stereocenters. The lowest BCUT2D eigenvalue weighted by Gasteiger charge is -2.29. The van der Waals surface area contributed by atoms with E-state index >= 15 is 0 Å². The molecular weight excluding hydrogens is 368 g/mol. The fraction of sp³-hybridized carbons (Fsp3) is 0.385. The predicted molar refractivity (Wildman–Crippen MR) is 127 cm³/mol. The summed E-state index contributed by atoms with van der Waals surface area (Å²) in [6.45, 7) is 7.06. The lowest BCUT2D eigenvalue weighted by atomic mass is 10.0. The van der Waals surface area contributed by atoms with E-state index < -0.39 is 0 Å². The van der Waals surface area contributed by atoms with Crippen LogP contribution in [0.2, 0.25) is 0 Å². The second-order valence-electron chi connectivity index (χ2n) is 8.15. The molecule has 4 rings (SSSR count). The Kier molecular flexibility index (Phi) is 6.74. The molecule has 30 heavy (non-hydrogen) atoms. The van der Waals surface area contributed by atoms with Crippen LogP contribution in [0, 0.1) is 11.8 Å². The highest BCUT2D eigenvalue weighted by atomic mass is 15.1.